The van der Waals surface area contributed by atoms with E-state index < -0.39 is 5.60 Å². The fourth-order valence-electron chi connectivity index (χ4n) is 2.92. The van der Waals surface area contributed by atoms with E-state index in [2.05, 4.69) is 36.1 Å². The van der Waals surface area contributed by atoms with Crippen LogP contribution in [0.3, 0.4) is 0 Å². The third-order valence-corrected chi connectivity index (χ3v) is 4.66. The maximum atomic E-state index is 12.3. The van der Waals surface area contributed by atoms with Gasteiger partial charge in [-0.15, -0.1) is 0 Å². The first kappa shape index (κ1) is 17.8. The molecule has 128 valence electrons. The largest absolute Gasteiger partial charge is 0.444 e. The van der Waals surface area contributed by atoms with E-state index in [1.807, 2.05) is 33.9 Å². The highest BCUT2D eigenvalue weighted by Gasteiger charge is 2.37. The fourth-order valence-corrected chi connectivity index (χ4v) is 2.92. The summed E-state index contributed by atoms with van der Waals surface area (Å²) in [5.74, 6) is 0. The lowest BCUT2D eigenvalue weighted by molar-refractivity contribution is -0.00738. The second-order valence-electron chi connectivity index (χ2n) is 7.80. The molecule has 0 radical (unpaired) electrons. The number of nitrogens with zero attached hydrogens (tertiary/aromatic N) is 2. The van der Waals surface area contributed by atoms with E-state index in [9.17, 15) is 4.79 Å². The molecule has 0 saturated carbocycles. The molecule has 4 heteroatoms. The molecule has 0 aliphatic carbocycles. The lowest BCUT2D eigenvalue weighted by Gasteiger charge is -2.45. The minimum atomic E-state index is -0.449. The van der Waals surface area contributed by atoms with Gasteiger partial charge in [0.1, 0.15) is 5.60 Å². The van der Waals surface area contributed by atoms with Crippen molar-refractivity contribution in [1.29, 1.82) is 0 Å². The summed E-state index contributed by atoms with van der Waals surface area (Å²) in [4.78, 5) is 16.6. The van der Waals surface area contributed by atoms with Crippen molar-refractivity contribution in [1.82, 2.24) is 9.80 Å². The van der Waals surface area contributed by atoms with E-state index in [4.69, 9.17) is 4.74 Å². The van der Waals surface area contributed by atoms with Crippen molar-refractivity contribution in [2.75, 3.05) is 20.1 Å². The van der Waals surface area contributed by atoms with Crippen LogP contribution >= 0.6 is 0 Å². The number of ether oxygens (including phenoxy) is 1. The number of carbonyl (C=O) groups is 1. The van der Waals surface area contributed by atoms with Gasteiger partial charge in [0, 0.05) is 32.2 Å². The fraction of sp³-hybridized carbons (Fsp3) is 0.632. The molecule has 1 aliphatic rings. The number of hydrogen-bond acceptors (Lipinski definition) is 3. The van der Waals surface area contributed by atoms with Crippen LogP contribution < -0.4 is 0 Å². The van der Waals surface area contributed by atoms with Crippen molar-refractivity contribution >= 4 is 6.09 Å². The first-order valence-corrected chi connectivity index (χ1v) is 8.43. The highest BCUT2D eigenvalue weighted by molar-refractivity contribution is 5.68. The first-order valence-electron chi connectivity index (χ1n) is 8.43. The summed E-state index contributed by atoms with van der Waals surface area (Å²) in [6, 6.07) is 10.5. The number of carbonyl (C=O) groups excluding carboxylic acids is 1. The summed E-state index contributed by atoms with van der Waals surface area (Å²) >= 11 is 0. The second kappa shape index (κ2) is 6.91. The lowest BCUT2D eigenvalue weighted by atomic mass is 9.88. The van der Waals surface area contributed by atoms with Gasteiger partial charge in [0.25, 0.3) is 0 Å². The van der Waals surface area contributed by atoms with Crippen molar-refractivity contribution in [3.8, 4) is 0 Å². The van der Waals surface area contributed by atoms with Crippen LogP contribution in [-0.4, -0.2) is 47.2 Å². The van der Waals surface area contributed by atoms with Gasteiger partial charge in [0.15, 0.2) is 0 Å². The predicted molar refractivity (Wildman–Crippen MR) is 93.4 cm³/mol. The second-order valence-corrected chi connectivity index (χ2v) is 7.80. The average molecular weight is 318 g/mol. The van der Waals surface area contributed by atoms with Gasteiger partial charge < -0.3 is 9.64 Å². The van der Waals surface area contributed by atoms with Gasteiger partial charge in [-0.25, -0.2) is 4.79 Å². The Morgan fingerprint density at radius 1 is 1.22 bits per heavy atom. The average Bonchev–Trinajstić information content (AvgIpc) is 2.48. The Bertz CT molecular complexity index is 514. The van der Waals surface area contributed by atoms with Gasteiger partial charge in [-0.2, -0.15) is 0 Å². The highest BCUT2D eigenvalue weighted by atomic mass is 16.6. The zero-order valence-electron chi connectivity index (χ0n) is 15.1. The molecular weight excluding hydrogens is 288 g/mol. The van der Waals surface area contributed by atoms with E-state index >= 15 is 0 Å². The molecule has 1 heterocycles. The molecule has 1 fully saturated rings. The molecule has 0 N–H and O–H groups in total. The van der Waals surface area contributed by atoms with Crippen LogP contribution in [0.5, 0.6) is 0 Å². The Balaban J connectivity index is 1.90. The molecule has 1 aromatic rings. The number of benzene rings is 1. The summed E-state index contributed by atoms with van der Waals surface area (Å²) in [5, 5.41) is 0. The van der Waals surface area contributed by atoms with Crippen LogP contribution in [0.1, 0.15) is 46.1 Å². The summed E-state index contributed by atoms with van der Waals surface area (Å²) in [6.45, 7) is 10.9. The monoisotopic (exact) mass is 318 g/mol. The van der Waals surface area contributed by atoms with Gasteiger partial charge in [0.05, 0.1) is 0 Å². The molecule has 2 rings (SSSR count). The van der Waals surface area contributed by atoms with Gasteiger partial charge in [-0.1, -0.05) is 30.3 Å². The first-order chi connectivity index (χ1) is 10.7. The molecule has 1 saturated heterocycles. The van der Waals surface area contributed by atoms with Crippen molar-refractivity contribution in [2.24, 2.45) is 0 Å². The van der Waals surface area contributed by atoms with E-state index in [0.29, 0.717) is 0 Å². The maximum absolute atomic E-state index is 12.3. The van der Waals surface area contributed by atoms with Crippen LogP contribution in [0.25, 0.3) is 0 Å². The van der Waals surface area contributed by atoms with E-state index in [-0.39, 0.29) is 11.6 Å². The standard InChI is InChI=1S/C19H30N2O2/c1-18(2,3)23-17(22)20(5)19(4)11-13-21(14-12-19)15-16-9-7-6-8-10-16/h6-10H,11-15H2,1-5H3. The Morgan fingerprint density at radius 3 is 2.30 bits per heavy atom. The number of amides is 1. The Morgan fingerprint density at radius 2 is 1.78 bits per heavy atom. The lowest BCUT2D eigenvalue weighted by Crippen LogP contribution is -2.54. The van der Waals surface area contributed by atoms with Crippen molar-refractivity contribution in [3.05, 3.63) is 35.9 Å². The van der Waals surface area contributed by atoms with Crippen molar-refractivity contribution < 1.29 is 9.53 Å². The molecule has 1 aromatic carbocycles. The van der Waals surface area contributed by atoms with Gasteiger partial charge in [0.2, 0.25) is 0 Å². The number of hydrogen-bond donors (Lipinski definition) is 0. The molecule has 0 unspecified atom stereocenters. The molecule has 1 aliphatic heterocycles. The third-order valence-electron chi connectivity index (χ3n) is 4.66. The zero-order chi connectivity index (χ0) is 17.1. The Labute approximate surface area is 140 Å². The number of rotatable bonds is 3. The molecule has 0 aromatic heterocycles. The molecule has 0 atom stereocenters. The minimum Gasteiger partial charge on any atom is -0.444 e. The minimum absolute atomic E-state index is 0.129. The Kier molecular flexibility index (Phi) is 5.35. The van der Waals surface area contributed by atoms with E-state index in [0.717, 1.165) is 32.5 Å². The molecule has 0 spiro atoms. The summed E-state index contributed by atoms with van der Waals surface area (Å²) < 4.78 is 5.51. The highest BCUT2D eigenvalue weighted by Crippen LogP contribution is 2.29. The molecule has 0 bridgehead atoms. The topological polar surface area (TPSA) is 32.8 Å². The summed E-state index contributed by atoms with van der Waals surface area (Å²) in [6.07, 6.45) is 1.71. The SMILES string of the molecule is CN(C(=O)OC(C)(C)C)C1(C)CCN(Cc2ccccc2)CC1. The van der Waals surface area contributed by atoms with Gasteiger partial charge >= 0.3 is 6.09 Å². The van der Waals surface area contributed by atoms with Gasteiger partial charge in [-0.05, 0) is 46.1 Å². The molecular formula is C19H30N2O2. The smallest absolute Gasteiger partial charge is 0.410 e. The number of likely N-dealkylation sites (tertiary alicyclic amines) is 1. The Hall–Kier alpha value is -1.55. The molecule has 23 heavy (non-hydrogen) atoms. The van der Waals surface area contributed by atoms with Crippen molar-refractivity contribution in [2.45, 2.75) is 58.2 Å². The predicted octanol–water partition coefficient (Wildman–Crippen LogP) is 3.91. The zero-order valence-corrected chi connectivity index (χ0v) is 15.1. The van der Waals surface area contributed by atoms with Crippen LogP contribution in [0.15, 0.2) is 30.3 Å². The van der Waals surface area contributed by atoms with Crippen LogP contribution in [0, 0.1) is 0 Å². The maximum Gasteiger partial charge on any atom is 0.410 e. The van der Waals surface area contributed by atoms with E-state index in [1.54, 1.807) is 4.90 Å². The summed E-state index contributed by atoms with van der Waals surface area (Å²) in [5.41, 5.74) is 0.766. The normalized spacial score (nSPS) is 18.5. The molecule has 1 amide bonds. The third kappa shape index (κ3) is 4.96. The number of piperidine rings is 1. The molecule has 4 nitrogen and oxygen atoms in total. The summed E-state index contributed by atoms with van der Waals surface area (Å²) in [7, 11) is 1.86. The van der Waals surface area contributed by atoms with Crippen LogP contribution in [-0.2, 0) is 11.3 Å². The quantitative estimate of drug-likeness (QED) is 0.847. The van der Waals surface area contributed by atoms with Gasteiger partial charge in [-0.3, -0.25) is 4.90 Å². The van der Waals surface area contributed by atoms with Crippen LogP contribution in [0.4, 0.5) is 4.79 Å². The van der Waals surface area contributed by atoms with Crippen LogP contribution in [0.2, 0.25) is 0 Å². The van der Waals surface area contributed by atoms with E-state index in [1.165, 1.54) is 5.56 Å². The van der Waals surface area contributed by atoms with Crippen molar-refractivity contribution in [3.63, 3.8) is 0 Å².